The lowest BCUT2D eigenvalue weighted by Gasteiger charge is -2.23. The molecule has 1 saturated heterocycles. The fourth-order valence-corrected chi connectivity index (χ4v) is 3.15. The topological polar surface area (TPSA) is 64.3 Å². The molecule has 1 aromatic heterocycles. The van der Waals surface area contributed by atoms with Gasteiger partial charge in [0.15, 0.2) is 6.23 Å². The molecule has 0 saturated carbocycles. The molecule has 1 N–H and O–H groups in total. The number of fused-ring (bicyclic) bond motifs is 1. The van der Waals surface area contributed by atoms with Crippen molar-refractivity contribution < 1.29 is 19.0 Å². The number of benzene rings is 1. The van der Waals surface area contributed by atoms with E-state index in [9.17, 15) is 9.18 Å². The Morgan fingerprint density at radius 1 is 1.39 bits per heavy atom. The molecule has 6 heteroatoms. The highest BCUT2D eigenvalue weighted by Gasteiger charge is 2.22. The third-order valence-electron chi connectivity index (χ3n) is 4.29. The number of hydrogen-bond donors (Lipinski definition) is 1. The van der Waals surface area contributed by atoms with Gasteiger partial charge >= 0.3 is 5.97 Å². The van der Waals surface area contributed by atoms with Crippen LogP contribution in [0.1, 0.15) is 50.3 Å². The SMILES string of the molecule is O=C(O)CCCCc1cccc2c1c(F)nn2C1CCCCO1. The van der Waals surface area contributed by atoms with Crippen molar-refractivity contribution in [1.82, 2.24) is 9.78 Å². The summed E-state index contributed by atoms with van der Waals surface area (Å²) in [7, 11) is 0. The fourth-order valence-electron chi connectivity index (χ4n) is 3.15. The van der Waals surface area contributed by atoms with Gasteiger partial charge in [-0.3, -0.25) is 4.79 Å². The standard InChI is InChI=1S/C17H21FN2O3/c18-17-16-12(6-1-2-10-15(21)22)7-5-8-13(16)20(19-17)14-9-3-4-11-23-14/h5,7-8,14H,1-4,6,9-11H2,(H,21,22). The molecule has 0 bridgehead atoms. The molecule has 3 rings (SSSR count). The fraction of sp³-hybridized carbons (Fsp3) is 0.529. The maximum Gasteiger partial charge on any atom is 0.303 e. The monoisotopic (exact) mass is 320 g/mol. The number of aromatic nitrogens is 2. The summed E-state index contributed by atoms with van der Waals surface area (Å²) in [5.41, 5.74) is 1.64. The van der Waals surface area contributed by atoms with Crippen LogP contribution in [0.4, 0.5) is 4.39 Å². The molecule has 1 atom stereocenters. The molecule has 5 nitrogen and oxygen atoms in total. The Morgan fingerprint density at radius 2 is 2.26 bits per heavy atom. The zero-order valence-electron chi connectivity index (χ0n) is 13.0. The molecule has 23 heavy (non-hydrogen) atoms. The third kappa shape index (κ3) is 3.52. The summed E-state index contributed by atoms with van der Waals surface area (Å²) in [6.45, 7) is 0.683. The van der Waals surface area contributed by atoms with Gasteiger partial charge in [0.25, 0.3) is 0 Å². The van der Waals surface area contributed by atoms with E-state index in [0.717, 1.165) is 36.8 Å². The molecule has 1 aromatic carbocycles. The Morgan fingerprint density at radius 3 is 3.00 bits per heavy atom. The van der Waals surface area contributed by atoms with E-state index in [1.165, 1.54) is 0 Å². The van der Waals surface area contributed by atoms with Crippen molar-refractivity contribution in [2.45, 2.75) is 51.2 Å². The van der Waals surface area contributed by atoms with Crippen molar-refractivity contribution in [2.24, 2.45) is 0 Å². The summed E-state index contributed by atoms with van der Waals surface area (Å²) in [5.74, 6) is -1.26. The lowest BCUT2D eigenvalue weighted by molar-refractivity contribution is -0.137. The van der Waals surface area contributed by atoms with Crippen LogP contribution >= 0.6 is 0 Å². The van der Waals surface area contributed by atoms with E-state index < -0.39 is 11.9 Å². The molecular formula is C17H21FN2O3. The number of ether oxygens (including phenoxy) is 1. The molecule has 1 aliphatic heterocycles. The highest BCUT2D eigenvalue weighted by atomic mass is 19.1. The van der Waals surface area contributed by atoms with Gasteiger partial charge in [0.05, 0.1) is 10.9 Å². The molecule has 1 unspecified atom stereocenters. The van der Waals surface area contributed by atoms with Crippen LogP contribution in [0.3, 0.4) is 0 Å². The molecule has 0 spiro atoms. The second-order valence-corrected chi connectivity index (χ2v) is 5.97. The normalized spacial score (nSPS) is 18.4. The minimum atomic E-state index is -0.795. The zero-order chi connectivity index (χ0) is 16.2. The summed E-state index contributed by atoms with van der Waals surface area (Å²) in [4.78, 5) is 10.6. The van der Waals surface area contributed by atoms with Gasteiger partial charge < -0.3 is 9.84 Å². The van der Waals surface area contributed by atoms with Gasteiger partial charge in [-0.15, -0.1) is 5.10 Å². The largest absolute Gasteiger partial charge is 0.481 e. The highest BCUT2D eigenvalue weighted by molar-refractivity contribution is 5.83. The molecule has 1 aliphatic rings. The van der Waals surface area contributed by atoms with Gasteiger partial charge in [-0.1, -0.05) is 12.1 Å². The Labute approximate surface area is 134 Å². The number of unbranched alkanes of at least 4 members (excludes halogenated alkanes) is 1. The van der Waals surface area contributed by atoms with Crippen molar-refractivity contribution in [2.75, 3.05) is 6.61 Å². The summed E-state index contributed by atoms with van der Waals surface area (Å²) in [6.07, 6.45) is 4.85. The molecule has 2 heterocycles. The maximum atomic E-state index is 14.4. The summed E-state index contributed by atoms with van der Waals surface area (Å²) >= 11 is 0. The first-order valence-electron chi connectivity index (χ1n) is 8.16. The van der Waals surface area contributed by atoms with Crippen molar-refractivity contribution in [3.63, 3.8) is 0 Å². The first-order valence-corrected chi connectivity index (χ1v) is 8.16. The number of nitrogens with zero attached hydrogens (tertiary/aromatic N) is 2. The Hall–Kier alpha value is -1.95. The Kier molecular flexibility index (Phi) is 4.91. The average molecular weight is 320 g/mol. The third-order valence-corrected chi connectivity index (χ3v) is 4.29. The molecule has 2 aromatic rings. The molecule has 124 valence electrons. The predicted octanol–water partition coefficient (Wildman–Crippen LogP) is 3.67. The number of carboxylic acid groups (broad SMARTS) is 1. The molecule has 0 amide bonds. The number of hydrogen-bond acceptors (Lipinski definition) is 3. The van der Waals surface area contributed by atoms with Crippen LogP contribution < -0.4 is 0 Å². The van der Waals surface area contributed by atoms with Gasteiger partial charge in [0.1, 0.15) is 0 Å². The molecule has 1 fully saturated rings. The van der Waals surface area contributed by atoms with E-state index in [1.807, 2.05) is 18.2 Å². The Balaban J connectivity index is 1.82. The van der Waals surface area contributed by atoms with E-state index >= 15 is 0 Å². The van der Waals surface area contributed by atoms with Crippen LogP contribution in [0.25, 0.3) is 10.9 Å². The first kappa shape index (κ1) is 15.9. The Bertz CT molecular complexity index is 692. The van der Waals surface area contributed by atoms with Gasteiger partial charge in [-0.25, -0.2) is 4.68 Å². The minimum absolute atomic E-state index is 0.146. The lowest BCUT2D eigenvalue weighted by atomic mass is 10.0. The number of halogens is 1. The molecular weight excluding hydrogens is 299 g/mol. The van der Waals surface area contributed by atoms with Crippen molar-refractivity contribution in [3.8, 4) is 0 Å². The van der Waals surface area contributed by atoms with Crippen LogP contribution in [0.2, 0.25) is 0 Å². The van der Waals surface area contributed by atoms with Crippen molar-refractivity contribution >= 4 is 16.9 Å². The average Bonchev–Trinajstić information content (AvgIpc) is 2.90. The van der Waals surface area contributed by atoms with Crippen LogP contribution in [0.5, 0.6) is 0 Å². The van der Waals surface area contributed by atoms with Gasteiger partial charge in [-0.2, -0.15) is 4.39 Å². The van der Waals surface area contributed by atoms with E-state index in [1.54, 1.807) is 4.68 Å². The summed E-state index contributed by atoms with van der Waals surface area (Å²) < 4.78 is 21.8. The quantitative estimate of drug-likeness (QED) is 0.825. The number of aryl methyl sites for hydroxylation is 1. The summed E-state index contributed by atoms with van der Waals surface area (Å²) in [6, 6.07) is 5.65. The van der Waals surface area contributed by atoms with Crippen molar-refractivity contribution in [1.29, 1.82) is 0 Å². The number of rotatable bonds is 6. The van der Waals surface area contributed by atoms with Crippen LogP contribution in [0.15, 0.2) is 18.2 Å². The highest BCUT2D eigenvalue weighted by Crippen LogP contribution is 2.29. The van der Waals surface area contributed by atoms with Gasteiger partial charge in [-0.05, 0) is 50.2 Å². The van der Waals surface area contributed by atoms with Gasteiger partial charge in [0.2, 0.25) is 5.95 Å². The predicted molar refractivity (Wildman–Crippen MR) is 83.7 cm³/mol. The van der Waals surface area contributed by atoms with Crippen LogP contribution in [-0.2, 0) is 16.0 Å². The zero-order valence-corrected chi connectivity index (χ0v) is 13.0. The number of aliphatic carboxylic acids is 1. The maximum absolute atomic E-state index is 14.4. The minimum Gasteiger partial charge on any atom is -0.481 e. The van der Waals surface area contributed by atoms with E-state index in [0.29, 0.717) is 24.8 Å². The smallest absolute Gasteiger partial charge is 0.303 e. The van der Waals surface area contributed by atoms with Crippen molar-refractivity contribution in [3.05, 3.63) is 29.7 Å². The summed E-state index contributed by atoms with van der Waals surface area (Å²) in [5, 5.41) is 13.3. The van der Waals surface area contributed by atoms with E-state index in [2.05, 4.69) is 5.10 Å². The number of carboxylic acids is 1. The van der Waals surface area contributed by atoms with E-state index in [-0.39, 0.29) is 12.6 Å². The first-order chi connectivity index (χ1) is 11.2. The lowest BCUT2D eigenvalue weighted by Crippen LogP contribution is -2.19. The second-order valence-electron chi connectivity index (χ2n) is 5.97. The van der Waals surface area contributed by atoms with Crippen LogP contribution in [0, 0.1) is 5.95 Å². The molecule has 0 radical (unpaired) electrons. The van der Waals surface area contributed by atoms with E-state index in [4.69, 9.17) is 9.84 Å². The number of carbonyl (C=O) groups is 1. The molecule has 0 aliphatic carbocycles. The second kappa shape index (κ2) is 7.08. The van der Waals surface area contributed by atoms with Crippen LogP contribution in [-0.4, -0.2) is 27.5 Å². The van der Waals surface area contributed by atoms with Gasteiger partial charge in [0, 0.05) is 13.0 Å².